The molecule has 0 unspecified atom stereocenters. The Labute approximate surface area is 171 Å². The van der Waals surface area contributed by atoms with Gasteiger partial charge in [0.1, 0.15) is 5.75 Å². The molecule has 29 heavy (non-hydrogen) atoms. The smallest absolute Gasteiger partial charge is 0.255 e. The molecule has 7 nitrogen and oxygen atoms in total. The Bertz CT molecular complexity index is 865. The van der Waals surface area contributed by atoms with E-state index in [0.29, 0.717) is 42.1 Å². The number of nitrogens with one attached hydrogen (secondary N) is 2. The van der Waals surface area contributed by atoms with Gasteiger partial charge >= 0.3 is 0 Å². The van der Waals surface area contributed by atoms with Gasteiger partial charge in [0.15, 0.2) is 0 Å². The van der Waals surface area contributed by atoms with Crippen LogP contribution in [0.5, 0.6) is 5.75 Å². The van der Waals surface area contributed by atoms with Crippen molar-refractivity contribution >= 4 is 23.4 Å². The topological polar surface area (TPSA) is 87.7 Å². The van der Waals surface area contributed by atoms with Crippen molar-refractivity contribution in [2.75, 3.05) is 32.6 Å². The van der Waals surface area contributed by atoms with E-state index in [4.69, 9.17) is 4.74 Å². The summed E-state index contributed by atoms with van der Waals surface area (Å²) < 4.78 is 5.46. The van der Waals surface area contributed by atoms with E-state index in [1.807, 2.05) is 13.0 Å². The number of para-hydroxylation sites is 1. The van der Waals surface area contributed by atoms with Crippen molar-refractivity contribution in [2.24, 2.45) is 0 Å². The second kappa shape index (κ2) is 10.8. The van der Waals surface area contributed by atoms with E-state index in [0.717, 1.165) is 0 Å². The largest absolute Gasteiger partial charge is 0.493 e. The Morgan fingerprint density at radius 1 is 1.03 bits per heavy atom. The number of benzene rings is 2. The van der Waals surface area contributed by atoms with Crippen LogP contribution in [-0.2, 0) is 4.79 Å². The van der Waals surface area contributed by atoms with Crippen LogP contribution in [-0.4, -0.2) is 49.9 Å². The molecule has 2 aromatic carbocycles. The minimum atomic E-state index is -0.232. The first kappa shape index (κ1) is 21.9. The fourth-order valence-electron chi connectivity index (χ4n) is 2.69. The highest BCUT2D eigenvalue weighted by atomic mass is 16.5. The van der Waals surface area contributed by atoms with Crippen LogP contribution in [0.25, 0.3) is 0 Å². The molecule has 0 aliphatic carbocycles. The standard InChI is InChI=1S/C22H27N3O4/c1-4-29-19-12-6-5-11-18(19)21(27)23-14-8-13-20(26)24-17-10-7-9-16(15-17)22(28)25(2)3/h5-7,9-12,15H,4,8,13-14H2,1-3H3,(H,23,27)(H,24,26). The molecule has 0 aromatic heterocycles. The number of hydrogen-bond donors (Lipinski definition) is 2. The highest BCUT2D eigenvalue weighted by molar-refractivity contribution is 5.97. The molecule has 0 saturated heterocycles. The molecule has 0 fully saturated rings. The lowest BCUT2D eigenvalue weighted by atomic mass is 10.1. The monoisotopic (exact) mass is 397 g/mol. The van der Waals surface area contributed by atoms with Gasteiger partial charge in [-0.1, -0.05) is 18.2 Å². The average Bonchev–Trinajstić information content (AvgIpc) is 2.71. The number of hydrogen-bond acceptors (Lipinski definition) is 4. The first-order valence-corrected chi connectivity index (χ1v) is 9.54. The van der Waals surface area contributed by atoms with Gasteiger partial charge in [-0.05, 0) is 43.7 Å². The summed E-state index contributed by atoms with van der Waals surface area (Å²) in [5.41, 5.74) is 1.55. The zero-order chi connectivity index (χ0) is 21.2. The molecule has 3 amide bonds. The molecule has 0 radical (unpaired) electrons. The summed E-state index contributed by atoms with van der Waals surface area (Å²) in [6.07, 6.45) is 0.740. The van der Waals surface area contributed by atoms with Gasteiger partial charge in [0.05, 0.1) is 12.2 Å². The van der Waals surface area contributed by atoms with Crippen molar-refractivity contribution in [3.05, 3.63) is 59.7 Å². The van der Waals surface area contributed by atoms with E-state index in [1.165, 1.54) is 4.90 Å². The molecule has 2 aromatic rings. The van der Waals surface area contributed by atoms with Crippen molar-refractivity contribution in [1.82, 2.24) is 10.2 Å². The summed E-state index contributed by atoms with van der Waals surface area (Å²) in [6.45, 7) is 2.71. The molecule has 0 aliphatic heterocycles. The van der Waals surface area contributed by atoms with Crippen LogP contribution in [0.2, 0.25) is 0 Å². The van der Waals surface area contributed by atoms with Crippen LogP contribution in [0, 0.1) is 0 Å². The lowest BCUT2D eigenvalue weighted by Crippen LogP contribution is -2.26. The van der Waals surface area contributed by atoms with E-state index in [2.05, 4.69) is 10.6 Å². The number of anilines is 1. The molecule has 7 heteroatoms. The van der Waals surface area contributed by atoms with Gasteiger partial charge in [0, 0.05) is 38.3 Å². The van der Waals surface area contributed by atoms with Crippen molar-refractivity contribution < 1.29 is 19.1 Å². The number of nitrogens with zero attached hydrogens (tertiary/aromatic N) is 1. The lowest BCUT2D eigenvalue weighted by molar-refractivity contribution is -0.116. The highest BCUT2D eigenvalue weighted by Gasteiger charge is 2.12. The molecule has 0 bridgehead atoms. The van der Waals surface area contributed by atoms with Gasteiger partial charge in [0.2, 0.25) is 5.91 Å². The maximum Gasteiger partial charge on any atom is 0.255 e. The van der Waals surface area contributed by atoms with Crippen LogP contribution in [0.4, 0.5) is 5.69 Å². The minimum absolute atomic E-state index is 0.129. The zero-order valence-corrected chi connectivity index (χ0v) is 17.0. The quantitative estimate of drug-likeness (QED) is 0.637. The van der Waals surface area contributed by atoms with Crippen molar-refractivity contribution in [1.29, 1.82) is 0 Å². The first-order chi connectivity index (χ1) is 13.9. The molecule has 2 N–H and O–H groups in total. The van der Waals surface area contributed by atoms with Crippen molar-refractivity contribution in [2.45, 2.75) is 19.8 Å². The SMILES string of the molecule is CCOc1ccccc1C(=O)NCCCC(=O)Nc1cccc(C(=O)N(C)C)c1. The summed E-state index contributed by atoms with van der Waals surface area (Å²) in [4.78, 5) is 37.9. The molecular formula is C22H27N3O4. The van der Waals surface area contributed by atoms with E-state index in [9.17, 15) is 14.4 Å². The van der Waals surface area contributed by atoms with Gasteiger partial charge in [0.25, 0.3) is 11.8 Å². The maximum absolute atomic E-state index is 12.3. The average molecular weight is 397 g/mol. The zero-order valence-electron chi connectivity index (χ0n) is 17.0. The number of amides is 3. The predicted molar refractivity (Wildman–Crippen MR) is 112 cm³/mol. The van der Waals surface area contributed by atoms with Crippen LogP contribution in [0.3, 0.4) is 0 Å². The number of carbonyl (C=O) groups excluding carboxylic acids is 3. The molecule has 0 heterocycles. The van der Waals surface area contributed by atoms with Gasteiger partial charge in [-0.15, -0.1) is 0 Å². The van der Waals surface area contributed by atoms with Crippen LogP contribution >= 0.6 is 0 Å². The third kappa shape index (κ3) is 6.64. The number of rotatable bonds is 9. The molecule has 0 saturated carbocycles. The Hall–Kier alpha value is -3.35. The Morgan fingerprint density at radius 2 is 1.79 bits per heavy atom. The third-order valence-corrected chi connectivity index (χ3v) is 4.10. The van der Waals surface area contributed by atoms with Crippen molar-refractivity contribution in [3.63, 3.8) is 0 Å². The summed E-state index contributed by atoms with van der Waals surface area (Å²) in [5, 5.41) is 5.58. The fourth-order valence-corrected chi connectivity index (χ4v) is 2.69. The van der Waals surface area contributed by atoms with Crippen LogP contribution in [0.15, 0.2) is 48.5 Å². The summed E-state index contributed by atoms with van der Waals surface area (Å²) in [6, 6.07) is 13.8. The molecular weight excluding hydrogens is 370 g/mol. The van der Waals surface area contributed by atoms with E-state index in [-0.39, 0.29) is 24.1 Å². The number of ether oxygens (including phenoxy) is 1. The van der Waals surface area contributed by atoms with E-state index in [1.54, 1.807) is 56.6 Å². The Balaban J connectivity index is 1.80. The van der Waals surface area contributed by atoms with Crippen LogP contribution in [0.1, 0.15) is 40.5 Å². The highest BCUT2D eigenvalue weighted by Crippen LogP contribution is 2.17. The van der Waals surface area contributed by atoms with E-state index < -0.39 is 0 Å². The van der Waals surface area contributed by atoms with Gasteiger partial charge in [-0.25, -0.2) is 0 Å². The molecule has 0 atom stereocenters. The first-order valence-electron chi connectivity index (χ1n) is 9.54. The number of carbonyl (C=O) groups is 3. The second-order valence-electron chi connectivity index (χ2n) is 6.62. The van der Waals surface area contributed by atoms with Crippen LogP contribution < -0.4 is 15.4 Å². The predicted octanol–water partition coefficient (Wildman–Crippen LogP) is 2.94. The minimum Gasteiger partial charge on any atom is -0.493 e. The molecule has 2 rings (SSSR count). The second-order valence-corrected chi connectivity index (χ2v) is 6.62. The lowest BCUT2D eigenvalue weighted by Gasteiger charge is -2.12. The molecule has 0 aliphatic rings. The van der Waals surface area contributed by atoms with Gasteiger partial charge in [-0.3, -0.25) is 14.4 Å². The summed E-state index contributed by atoms with van der Waals surface area (Å²) >= 11 is 0. The third-order valence-electron chi connectivity index (χ3n) is 4.10. The normalized spacial score (nSPS) is 10.2. The van der Waals surface area contributed by atoms with E-state index >= 15 is 0 Å². The van der Waals surface area contributed by atoms with Gasteiger partial charge in [-0.2, -0.15) is 0 Å². The summed E-state index contributed by atoms with van der Waals surface area (Å²) in [7, 11) is 3.35. The van der Waals surface area contributed by atoms with Crippen molar-refractivity contribution in [3.8, 4) is 5.75 Å². The molecule has 0 spiro atoms. The maximum atomic E-state index is 12.3. The Kier molecular flexibility index (Phi) is 8.21. The summed E-state index contributed by atoms with van der Waals surface area (Å²) in [5.74, 6) is 0.00122. The molecule has 154 valence electrons. The fraction of sp³-hybridized carbons (Fsp3) is 0.318. The van der Waals surface area contributed by atoms with Gasteiger partial charge < -0.3 is 20.3 Å². The Morgan fingerprint density at radius 3 is 2.52 bits per heavy atom.